The fourth-order valence-corrected chi connectivity index (χ4v) is 2.15. The molecule has 3 rings (SSSR count). The second-order valence-corrected chi connectivity index (χ2v) is 4.35. The summed E-state index contributed by atoms with van der Waals surface area (Å²) in [7, 11) is 1.66. The quantitative estimate of drug-likeness (QED) is 0.818. The summed E-state index contributed by atoms with van der Waals surface area (Å²) >= 11 is 0. The van der Waals surface area contributed by atoms with E-state index in [0.29, 0.717) is 6.61 Å². The van der Waals surface area contributed by atoms with Gasteiger partial charge in [0.2, 0.25) is 0 Å². The zero-order chi connectivity index (χ0) is 13.1. The fraction of sp³-hybridized carbons (Fsp3) is 0.188. The number of hydrogen-bond acceptors (Lipinski definition) is 3. The maximum atomic E-state index is 5.63. The summed E-state index contributed by atoms with van der Waals surface area (Å²) in [6, 6.07) is 15.8. The Morgan fingerprint density at radius 3 is 2.63 bits per heavy atom. The van der Waals surface area contributed by atoms with Gasteiger partial charge in [-0.3, -0.25) is 4.99 Å². The van der Waals surface area contributed by atoms with Crippen molar-refractivity contribution >= 4 is 11.4 Å². The molecule has 0 amide bonds. The van der Waals surface area contributed by atoms with Crippen molar-refractivity contribution in [3.05, 3.63) is 54.1 Å². The van der Waals surface area contributed by atoms with Gasteiger partial charge in [-0.15, -0.1) is 0 Å². The number of methoxy groups -OCH3 is 1. The molecule has 2 aromatic carbocycles. The van der Waals surface area contributed by atoms with Gasteiger partial charge in [-0.2, -0.15) is 0 Å². The van der Waals surface area contributed by atoms with Crippen LogP contribution in [0.15, 0.2) is 53.5 Å². The van der Waals surface area contributed by atoms with Gasteiger partial charge in [0.05, 0.1) is 25.1 Å². The Balaban J connectivity index is 1.95. The van der Waals surface area contributed by atoms with E-state index in [1.165, 1.54) is 0 Å². The van der Waals surface area contributed by atoms with Crippen LogP contribution < -0.4 is 9.47 Å². The molecule has 0 unspecified atom stereocenters. The van der Waals surface area contributed by atoms with Crippen LogP contribution in [0.25, 0.3) is 0 Å². The van der Waals surface area contributed by atoms with Crippen LogP contribution in [0, 0.1) is 0 Å². The van der Waals surface area contributed by atoms with Crippen molar-refractivity contribution in [2.24, 2.45) is 4.99 Å². The molecule has 96 valence electrons. The third-order valence-electron chi connectivity index (χ3n) is 3.13. The van der Waals surface area contributed by atoms with Crippen LogP contribution in [-0.2, 0) is 0 Å². The molecular weight excluding hydrogens is 238 g/mol. The number of rotatable bonds is 2. The van der Waals surface area contributed by atoms with Gasteiger partial charge in [-0.25, -0.2) is 0 Å². The Labute approximate surface area is 112 Å². The third-order valence-corrected chi connectivity index (χ3v) is 3.13. The van der Waals surface area contributed by atoms with E-state index in [2.05, 4.69) is 6.07 Å². The summed E-state index contributed by atoms with van der Waals surface area (Å²) in [4.78, 5) is 4.72. The first-order valence-electron chi connectivity index (χ1n) is 6.30. The van der Waals surface area contributed by atoms with Gasteiger partial charge < -0.3 is 9.47 Å². The van der Waals surface area contributed by atoms with Crippen molar-refractivity contribution < 1.29 is 9.47 Å². The molecule has 19 heavy (non-hydrogen) atoms. The minimum Gasteiger partial charge on any atom is -0.497 e. The molecule has 2 aromatic rings. The third kappa shape index (κ3) is 2.45. The monoisotopic (exact) mass is 253 g/mol. The van der Waals surface area contributed by atoms with Crippen LogP contribution >= 0.6 is 0 Å². The minimum atomic E-state index is 0.687. The highest BCUT2D eigenvalue weighted by Gasteiger charge is 2.15. The smallest absolute Gasteiger partial charge is 0.128 e. The van der Waals surface area contributed by atoms with Gasteiger partial charge in [0, 0.05) is 12.0 Å². The van der Waals surface area contributed by atoms with E-state index in [1.807, 2.05) is 42.5 Å². The van der Waals surface area contributed by atoms with Crippen LogP contribution in [0.4, 0.5) is 5.69 Å². The number of para-hydroxylation sites is 1. The van der Waals surface area contributed by atoms with Crippen LogP contribution in [0.2, 0.25) is 0 Å². The molecule has 0 saturated carbocycles. The normalized spacial score (nSPS) is 15.7. The molecule has 3 heteroatoms. The molecule has 0 radical (unpaired) electrons. The van der Waals surface area contributed by atoms with Crippen molar-refractivity contribution in [2.45, 2.75) is 6.42 Å². The Kier molecular flexibility index (Phi) is 3.19. The standard InChI is InChI=1S/C16H15NO2/c1-18-13-8-6-12(7-9-13)17-15-10-11-19-16-5-3-2-4-14(15)16/h2-9H,10-11H2,1H3. The zero-order valence-electron chi connectivity index (χ0n) is 10.8. The van der Waals surface area contributed by atoms with Crippen molar-refractivity contribution in [1.82, 2.24) is 0 Å². The van der Waals surface area contributed by atoms with Crippen molar-refractivity contribution in [3.8, 4) is 11.5 Å². The molecule has 0 spiro atoms. The predicted molar refractivity (Wildman–Crippen MR) is 75.7 cm³/mol. The number of nitrogens with zero attached hydrogens (tertiary/aromatic N) is 1. The summed E-state index contributed by atoms with van der Waals surface area (Å²) in [5, 5.41) is 0. The second kappa shape index (κ2) is 5.14. The lowest BCUT2D eigenvalue weighted by molar-refractivity contribution is 0.320. The summed E-state index contributed by atoms with van der Waals surface area (Å²) in [5.41, 5.74) is 3.10. The number of hydrogen-bond donors (Lipinski definition) is 0. The number of benzene rings is 2. The predicted octanol–water partition coefficient (Wildman–Crippen LogP) is 3.60. The van der Waals surface area contributed by atoms with Gasteiger partial charge in [-0.1, -0.05) is 12.1 Å². The second-order valence-electron chi connectivity index (χ2n) is 4.35. The van der Waals surface area contributed by atoms with E-state index >= 15 is 0 Å². The van der Waals surface area contributed by atoms with Crippen LogP contribution in [0.1, 0.15) is 12.0 Å². The van der Waals surface area contributed by atoms with Crippen LogP contribution in [0.5, 0.6) is 11.5 Å². The van der Waals surface area contributed by atoms with E-state index in [1.54, 1.807) is 7.11 Å². The Morgan fingerprint density at radius 2 is 1.84 bits per heavy atom. The fourth-order valence-electron chi connectivity index (χ4n) is 2.15. The number of fused-ring (bicyclic) bond motifs is 1. The van der Waals surface area contributed by atoms with E-state index < -0.39 is 0 Å². The average Bonchev–Trinajstić information content (AvgIpc) is 2.48. The summed E-state index contributed by atoms with van der Waals surface area (Å²) in [6.45, 7) is 0.687. The van der Waals surface area contributed by atoms with Crippen molar-refractivity contribution in [3.63, 3.8) is 0 Å². The summed E-state index contributed by atoms with van der Waals surface area (Å²) in [6.07, 6.45) is 0.836. The van der Waals surface area contributed by atoms with Gasteiger partial charge in [0.15, 0.2) is 0 Å². The first kappa shape index (κ1) is 11.8. The Hall–Kier alpha value is -2.29. The highest BCUT2D eigenvalue weighted by molar-refractivity contribution is 6.05. The molecule has 1 aliphatic rings. The Bertz CT molecular complexity index is 602. The van der Waals surface area contributed by atoms with E-state index in [-0.39, 0.29) is 0 Å². The van der Waals surface area contributed by atoms with E-state index in [9.17, 15) is 0 Å². The number of aliphatic imine (C=N–C) groups is 1. The van der Waals surface area contributed by atoms with Crippen LogP contribution in [-0.4, -0.2) is 19.4 Å². The molecule has 0 saturated heterocycles. The molecule has 0 fully saturated rings. The first-order chi connectivity index (χ1) is 9.36. The molecule has 0 aliphatic carbocycles. The lowest BCUT2D eigenvalue weighted by Gasteiger charge is -2.18. The van der Waals surface area contributed by atoms with Crippen molar-refractivity contribution in [2.75, 3.05) is 13.7 Å². The highest BCUT2D eigenvalue weighted by atomic mass is 16.5. The molecule has 0 aromatic heterocycles. The molecule has 0 atom stereocenters. The number of ether oxygens (including phenoxy) is 2. The van der Waals surface area contributed by atoms with Gasteiger partial charge in [-0.05, 0) is 36.4 Å². The van der Waals surface area contributed by atoms with Gasteiger partial charge in [0.1, 0.15) is 11.5 Å². The van der Waals surface area contributed by atoms with Gasteiger partial charge in [0.25, 0.3) is 0 Å². The maximum Gasteiger partial charge on any atom is 0.128 e. The largest absolute Gasteiger partial charge is 0.497 e. The lowest BCUT2D eigenvalue weighted by atomic mass is 10.0. The van der Waals surface area contributed by atoms with Gasteiger partial charge >= 0.3 is 0 Å². The molecule has 1 heterocycles. The SMILES string of the molecule is COc1ccc(N=C2CCOc3ccccc32)cc1. The Morgan fingerprint density at radius 1 is 1.05 bits per heavy atom. The summed E-state index contributed by atoms with van der Waals surface area (Å²) < 4.78 is 10.8. The lowest BCUT2D eigenvalue weighted by Crippen LogP contribution is -2.15. The van der Waals surface area contributed by atoms with E-state index in [4.69, 9.17) is 14.5 Å². The summed E-state index contributed by atoms with van der Waals surface area (Å²) in [5.74, 6) is 1.76. The highest BCUT2D eigenvalue weighted by Crippen LogP contribution is 2.27. The van der Waals surface area contributed by atoms with Crippen LogP contribution in [0.3, 0.4) is 0 Å². The zero-order valence-corrected chi connectivity index (χ0v) is 10.8. The first-order valence-corrected chi connectivity index (χ1v) is 6.30. The molecule has 3 nitrogen and oxygen atoms in total. The van der Waals surface area contributed by atoms with E-state index in [0.717, 1.165) is 34.9 Å². The molecule has 0 bridgehead atoms. The topological polar surface area (TPSA) is 30.8 Å². The molecule has 0 N–H and O–H groups in total. The molecular formula is C16H15NO2. The maximum absolute atomic E-state index is 5.63. The molecule has 1 aliphatic heterocycles. The average molecular weight is 253 g/mol. The minimum absolute atomic E-state index is 0.687. The van der Waals surface area contributed by atoms with Crippen molar-refractivity contribution in [1.29, 1.82) is 0 Å².